The number of ether oxygens (including phenoxy) is 1. The van der Waals surface area contributed by atoms with Gasteiger partial charge < -0.3 is 4.74 Å². The van der Waals surface area contributed by atoms with Gasteiger partial charge in [0.05, 0.1) is 13.0 Å². The molecule has 1 atom stereocenters. The van der Waals surface area contributed by atoms with Crippen LogP contribution >= 0.6 is 0 Å². The van der Waals surface area contributed by atoms with E-state index >= 15 is 0 Å². The molecule has 0 rings (SSSR count). The number of carbonyl (C=O) groups excluding carboxylic acids is 1. The molecule has 0 heterocycles. The number of halogens is 7. The van der Waals surface area contributed by atoms with Crippen molar-refractivity contribution in [2.45, 2.75) is 31.4 Å². The normalized spacial score (nSPS) is 15.6. The maximum absolute atomic E-state index is 13.1. The lowest BCUT2D eigenvalue weighted by atomic mass is 9.91. The van der Waals surface area contributed by atoms with E-state index in [-0.39, 0.29) is 0 Å². The summed E-state index contributed by atoms with van der Waals surface area (Å²) in [5.74, 6) is -3.21. The molecule has 0 fully saturated rings. The molecule has 0 aromatic heterocycles. The fraction of sp³-hybridized carbons (Fsp3) is 0.875. The van der Waals surface area contributed by atoms with Crippen molar-refractivity contribution in [3.05, 3.63) is 0 Å². The first kappa shape index (κ1) is 16.0. The van der Waals surface area contributed by atoms with Crippen LogP contribution in [0.3, 0.4) is 0 Å². The van der Waals surface area contributed by atoms with Gasteiger partial charge >= 0.3 is 18.3 Å². The van der Waals surface area contributed by atoms with E-state index in [1.54, 1.807) is 0 Å². The Balaban J connectivity index is 5.19. The number of methoxy groups -OCH3 is 1. The van der Waals surface area contributed by atoms with Gasteiger partial charge in [0, 0.05) is 6.42 Å². The van der Waals surface area contributed by atoms with Gasteiger partial charge in [-0.3, -0.25) is 4.79 Å². The number of rotatable bonds is 3. The second kappa shape index (κ2) is 4.69. The molecule has 0 bridgehead atoms. The first-order chi connectivity index (χ1) is 7.37. The summed E-state index contributed by atoms with van der Waals surface area (Å²) >= 11 is 0. The highest BCUT2D eigenvalue weighted by Crippen LogP contribution is 2.49. The lowest BCUT2D eigenvalue weighted by Gasteiger charge is -2.31. The second-order valence-corrected chi connectivity index (χ2v) is 3.43. The molecule has 0 N–H and O–H groups in total. The Labute approximate surface area is 91.7 Å². The van der Waals surface area contributed by atoms with Gasteiger partial charge in [0.1, 0.15) is 0 Å². The molecule has 0 amide bonds. The van der Waals surface area contributed by atoms with Crippen LogP contribution in [0.1, 0.15) is 13.3 Å². The third-order valence-corrected chi connectivity index (χ3v) is 2.09. The van der Waals surface area contributed by atoms with Crippen LogP contribution in [0.5, 0.6) is 0 Å². The number of alkyl halides is 7. The SMILES string of the molecule is COC(=O)C(C)CC(F)(C(F)(F)F)C(F)(F)F. The van der Waals surface area contributed by atoms with Crippen LogP contribution in [-0.2, 0) is 9.53 Å². The quantitative estimate of drug-likeness (QED) is 0.582. The molecule has 0 saturated carbocycles. The smallest absolute Gasteiger partial charge is 0.431 e. The summed E-state index contributed by atoms with van der Waals surface area (Å²) in [5, 5.41) is 0. The van der Waals surface area contributed by atoms with Gasteiger partial charge in [0.2, 0.25) is 0 Å². The average molecular weight is 270 g/mol. The third kappa shape index (κ3) is 3.22. The molecule has 0 aromatic carbocycles. The van der Waals surface area contributed by atoms with E-state index in [0.717, 1.165) is 14.0 Å². The molecule has 0 radical (unpaired) electrons. The van der Waals surface area contributed by atoms with E-state index < -0.39 is 36.3 Å². The number of hydrogen-bond acceptors (Lipinski definition) is 2. The van der Waals surface area contributed by atoms with Gasteiger partial charge in [-0.2, -0.15) is 26.3 Å². The van der Waals surface area contributed by atoms with Crippen molar-refractivity contribution in [3.8, 4) is 0 Å². The average Bonchev–Trinajstić information content (AvgIpc) is 2.12. The number of esters is 1. The Hall–Kier alpha value is -1.02. The first-order valence-corrected chi connectivity index (χ1v) is 4.27. The lowest BCUT2D eigenvalue weighted by molar-refractivity contribution is -0.345. The van der Waals surface area contributed by atoms with E-state index in [1.165, 1.54) is 0 Å². The van der Waals surface area contributed by atoms with Gasteiger partial charge in [0.25, 0.3) is 5.67 Å². The molecule has 17 heavy (non-hydrogen) atoms. The second-order valence-electron chi connectivity index (χ2n) is 3.43. The monoisotopic (exact) mass is 270 g/mol. The largest absolute Gasteiger partial charge is 0.469 e. The van der Waals surface area contributed by atoms with Crippen molar-refractivity contribution >= 4 is 5.97 Å². The van der Waals surface area contributed by atoms with E-state index in [2.05, 4.69) is 4.74 Å². The lowest BCUT2D eigenvalue weighted by Crippen LogP contribution is -2.54. The Morgan fingerprint density at radius 2 is 1.41 bits per heavy atom. The highest BCUT2D eigenvalue weighted by molar-refractivity contribution is 5.71. The Morgan fingerprint density at radius 1 is 1.06 bits per heavy atom. The van der Waals surface area contributed by atoms with Crippen molar-refractivity contribution in [2.75, 3.05) is 7.11 Å². The van der Waals surface area contributed by atoms with Crippen molar-refractivity contribution in [1.29, 1.82) is 0 Å². The minimum Gasteiger partial charge on any atom is -0.469 e. The van der Waals surface area contributed by atoms with E-state index in [1.807, 2.05) is 0 Å². The van der Waals surface area contributed by atoms with Crippen LogP contribution in [0, 0.1) is 5.92 Å². The predicted octanol–water partition coefficient (Wildman–Crippen LogP) is 3.02. The molecule has 9 heteroatoms. The highest BCUT2D eigenvalue weighted by Gasteiger charge is 2.72. The summed E-state index contributed by atoms with van der Waals surface area (Å²) in [6, 6.07) is 0. The maximum atomic E-state index is 13.1. The van der Waals surface area contributed by atoms with Crippen molar-refractivity contribution < 1.29 is 40.3 Å². The molecule has 0 aromatic rings. The summed E-state index contributed by atoms with van der Waals surface area (Å²) in [7, 11) is 0.778. The number of hydrogen-bond donors (Lipinski definition) is 0. The zero-order valence-electron chi connectivity index (χ0n) is 8.75. The Morgan fingerprint density at radius 3 is 1.65 bits per heavy atom. The van der Waals surface area contributed by atoms with E-state index in [9.17, 15) is 35.5 Å². The summed E-state index contributed by atoms with van der Waals surface area (Å²) in [4.78, 5) is 10.7. The molecule has 1 unspecified atom stereocenters. The molecule has 2 nitrogen and oxygen atoms in total. The van der Waals surface area contributed by atoms with E-state index in [4.69, 9.17) is 0 Å². The Bertz CT molecular complexity index is 267. The van der Waals surface area contributed by atoms with Gasteiger partial charge in [-0.05, 0) is 0 Å². The minimum atomic E-state index is -6.15. The number of carbonyl (C=O) groups is 1. The van der Waals surface area contributed by atoms with Gasteiger partial charge in [-0.15, -0.1) is 0 Å². The third-order valence-electron chi connectivity index (χ3n) is 2.09. The minimum absolute atomic E-state index is 0.720. The van der Waals surface area contributed by atoms with Crippen LogP contribution in [0.15, 0.2) is 0 Å². The van der Waals surface area contributed by atoms with Crippen LogP contribution < -0.4 is 0 Å². The maximum Gasteiger partial charge on any atom is 0.431 e. The predicted molar refractivity (Wildman–Crippen MR) is 41.7 cm³/mol. The topological polar surface area (TPSA) is 26.3 Å². The molecular weight excluding hydrogens is 261 g/mol. The summed E-state index contributed by atoms with van der Waals surface area (Å²) in [6.45, 7) is 0.720. The molecule has 0 aliphatic rings. The van der Waals surface area contributed by atoms with E-state index in [0.29, 0.717) is 0 Å². The molecule has 0 aliphatic carbocycles. The fourth-order valence-corrected chi connectivity index (χ4v) is 1.10. The van der Waals surface area contributed by atoms with Crippen molar-refractivity contribution in [2.24, 2.45) is 5.92 Å². The summed E-state index contributed by atoms with van der Waals surface area (Å²) < 4.78 is 89.5. The molecular formula is C8H9F7O2. The van der Waals surface area contributed by atoms with Gasteiger partial charge in [0.15, 0.2) is 0 Å². The Kier molecular flexibility index (Phi) is 4.41. The van der Waals surface area contributed by atoms with Crippen LogP contribution in [0.2, 0.25) is 0 Å². The van der Waals surface area contributed by atoms with Gasteiger partial charge in [-0.1, -0.05) is 6.92 Å². The van der Waals surface area contributed by atoms with Crippen LogP contribution in [-0.4, -0.2) is 31.1 Å². The summed E-state index contributed by atoms with van der Waals surface area (Å²) in [6.07, 6.45) is -14.4. The zero-order valence-corrected chi connectivity index (χ0v) is 8.75. The van der Waals surface area contributed by atoms with Crippen molar-refractivity contribution in [3.63, 3.8) is 0 Å². The first-order valence-electron chi connectivity index (χ1n) is 4.27. The van der Waals surface area contributed by atoms with Crippen LogP contribution in [0.25, 0.3) is 0 Å². The summed E-state index contributed by atoms with van der Waals surface area (Å²) in [5.41, 5.74) is -5.42. The fourth-order valence-electron chi connectivity index (χ4n) is 1.10. The molecule has 0 saturated heterocycles. The molecule has 0 aliphatic heterocycles. The zero-order chi connectivity index (χ0) is 14.1. The van der Waals surface area contributed by atoms with Gasteiger partial charge in [-0.25, -0.2) is 4.39 Å². The highest BCUT2D eigenvalue weighted by atomic mass is 19.4. The molecule has 102 valence electrons. The molecule has 0 spiro atoms. The standard InChI is InChI=1S/C8H9F7O2/c1-4(5(16)17-2)3-6(9,7(10,11)12)8(13,14)15/h4H,3H2,1-2H3. The van der Waals surface area contributed by atoms with Crippen LogP contribution in [0.4, 0.5) is 30.7 Å². The van der Waals surface area contributed by atoms with Crippen molar-refractivity contribution in [1.82, 2.24) is 0 Å².